The molecule has 0 aromatic heterocycles. The molecule has 0 heterocycles. The second-order valence-corrected chi connectivity index (χ2v) is 4.65. The first-order valence-electron chi connectivity index (χ1n) is 7.03. The van der Waals surface area contributed by atoms with Gasteiger partial charge in [-0.2, -0.15) is 10.2 Å². The van der Waals surface area contributed by atoms with Gasteiger partial charge in [0.1, 0.15) is 6.61 Å². The molecular formula is C16H18N4O3. The van der Waals surface area contributed by atoms with Crippen LogP contribution in [0, 0.1) is 0 Å². The second-order valence-electron chi connectivity index (χ2n) is 4.65. The lowest BCUT2D eigenvalue weighted by Crippen LogP contribution is -2.07. The summed E-state index contributed by atoms with van der Waals surface area (Å²) >= 11 is 0. The van der Waals surface area contributed by atoms with Crippen LogP contribution in [-0.4, -0.2) is 12.8 Å². The number of benzene rings is 2. The summed E-state index contributed by atoms with van der Waals surface area (Å²) in [7, 11) is 0. The maximum atomic E-state index is 11.3. The van der Waals surface area contributed by atoms with E-state index in [1.54, 1.807) is 49.4 Å². The Morgan fingerprint density at radius 2 is 1.70 bits per heavy atom. The van der Waals surface area contributed by atoms with Gasteiger partial charge in [0.15, 0.2) is 0 Å². The summed E-state index contributed by atoms with van der Waals surface area (Å²) in [6.07, 6.45) is -0.739. The summed E-state index contributed by atoms with van der Waals surface area (Å²) in [5.74, 6) is 0. The molecule has 2 aromatic carbocycles. The molecule has 2 rings (SSSR count). The molecule has 0 aliphatic heterocycles. The zero-order valence-corrected chi connectivity index (χ0v) is 12.7. The van der Waals surface area contributed by atoms with Crippen LogP contribution in [0.2, 0.25) is 0 Å². The van der Waals surface area contributed by atoms with Crippen molar-refractivity contribution in [1.29, 1.82) is 0 Å². The molecule has 0 fully saturated rings. The van der Waals surface area contributed by atoms with E-state index in [0.29, 0.717) is 28.3 Å². The molecule has 0 aliphatic rings. The van der Waals surface area contributed by atoms with Gasteiger partial charge < -0.3 is 20.9 Å². The van der Waals surface area contributed by atoms with E-state index in [-0.39, 0.29) is 13.2 Å². The molecule has 23 heavy (non-hydrogen) atoms. The highest BCUT2D eigenvalue weighted by atomic mass is 16.7. The molecule has 0 saturated carbocycles. The minimum absolute atomic E-state index is 0.0000352. The molecule has 2 aromatic rings. The van der Waals surface area contributed by atoms with Crippen LogP contribution in [0.3, 0.4) is 0 Å². The lowest BCUT2D eigenvalue weighted by Gasteiger charge is -2.07. The maximum absolute atomic E-state index is 11.3. The molecule has 0 spiro atoms. The Labute approximate surface area is 133 Å². The number of carbonyl (C=O) groups is 1. The SMILES string of the molecule is CCOC(=O)OCc1cc(N)ccc1N=Nc1ccc(N)cc1. The quantitative estimate of drug-likeness (QED) is 0.493. The number of nitrogens with zero attached hydrogens (tertiary/aromatic N) is 2. The van der Waals surface area contributed by atoms with Crippen molar-refractivity contribution in [2.75, 3.05) is 18.1 Å². The van der Waals surface area contributed by atoms with Gasteiger partial charge in [-0.15, -0.1) is 0 Å². The zero-order valence-electron chi connectivity index (χ0n) is 12.7. The van der Waals surface area contributed by atoms with E-state index in [1.807, 2.05) is 0 Å². The highest BCUT2D eigenvalue weighted by molar-refractivity contribution is 5.61. The monoisotopic (exact) mass is 314 g/mol. The largest absolute Gasteiger partial charge is 0.508 e. The molecule has 0 bridgehead atoms. The summed E-state index contributed by atoms with van der Waals surface area (Å²) in [4.78, 5) is 11.3. The third-order valence-corrected chi connectivity index (χ3v) is 2.88. The number of ether oxygens (including phenoxy) is 2. The topological polar surface area (TPSA) is 112 Å². The molecule has 7 nitrogen and oxygen atoms in total. The van der Waals surface area contributed by atoms with Gasteiger partial charge in [0.25, 0.3) is 0 Å². The van der Waals surface area contributed by atoms with Crippen molar-refractivity contribution in [3.05, 3.63) is 48.0 Å². The first-order valence-corrected chi connectivity index (χ1v) is 7.03. The van der Waals surface area contributed by atoms with Crippen molar-refractivity contribution in [3.8, 4) is 0 Å². The fourth-order valence-electron chi connectivity index (χ4n) is 1.77. The number of carbonyl (C=O) groups excluding carboxylic acids is 1. The van der Waals surface area contributed by atoms with Crippen LogP contribution in [-0.2, 0) is 16.1 Å². The highest BCUT2D eigenvalue weighted by Crippen LogP contribution is 2.25. The first kappa shape index (κ1) is 16.3. The number of nitrogen functional groups attached to an aromatic ring is 2. The molecule has 0 atom stereocenters. The van der Waals surface area contributed by atoms with Gasteiger partial charge in [-0.25, -0.2) is 4.79 Å². The van der Waals surface area contributed by atoms with Gasteiger partial charge in [0.2, 0.25) is 0 Å². The van der Waals surface area contributed by atoms with Gasteiger partial charge >= 0.3 is 6.16 Å². The number of hydrogen-bond acceptors (Lipinski definition) is 7. The first-order chi connectivity index (χ1) is 11.1. The Kier molecular flexibility index (Phi) is 5.51. The predicted octanol–water partition coefficient (Wildman–Crippen LogP) is 3.94. The van der Waals surface area contributed by atoms with Crippen molar-refractivity contribution in [2.45, 2.75) is 13.5 Å². The van der Waals surface area contributed by atoms with E-state index in [4.69, 9.17) is 20.9 Å². The van der Waals surface area contributed by atoms with E-state index < -0.39 is 6.16 Å². The van der Waals surface area contributed by atoms with Crippen LogP contribution in [0.15, 0.2) is 52.7 Å². The molecule has 4 N–H and O–H groups in total. The van der Waals surface area contributed by atoms with Crippen molar-refractivity contribution in [3.63, 3.8) is 0 Å². The molecule has 0 aliphatic carbocycles. The molecule has 120 valence electrons. The average Bonchev–Trinajstić information content (AvgIpc) is 2.54. The maximum Gasteiger partial charge on any atom is 0.508 e. The van der Waals surface area contributed by atoms with Crippen molar-refractivity contribution < 1.29 is 14.3 Å². The van der Waals surface area contributed by atoms with Crippen LogP contribution in [0.25, 0.3) is 0 Å². The van der Waals surface area contributed by atoms with Crippen molar-refractivity contribution in [2.24, 2.45) is 10.2 Å². The Balaban J connectivity index is 2.14. The normalized spacial score (nSPS) is 10.7. The van der Waals surface area contributed by atoms with E-state index in [0.717, 1.165) is 0 Å². The number of azo groups is 1. The van der Waals surface area contributed by atoms with E-state index in [1.165, 1.54) is 0 Å². The molecule has 0 unspecified atom stereocenters. The van der Waals surface area contributed by atoms with E-state index in [9.17, 15) is 4.79 Å². The van der Waals surface area contributed by atoms with Crippen molar-refractivity contribution in [1.82, 2.24) is 0 Å². The van der Waals surface area contributed by atoms with Crippen LogP contribution in [0.1, 0.15) is 12.5 Å². The molecule has 0 saturated heterocycles. The molecule has 7 heteroatoms. The van der Waals surface area contributed by atoms with Crippen LogP contribution in [0.5, 0.6) is 0 Å². The minimum Gasteiger partial charge on any atom is -0.435 e. The Morgan fingerprint density at radius 3 is 2.39 bits per heavy atom. The number of anilines is 2. The summed E-state index contributed by atoms with van der Waals surface area (Å²) < 4.78 is 9.71. The standard InChI is InChI=1S/C16H18N4O3/c1-2-22-16(21)23-10-11-9-13(18)5-8-15(11)20-19-14-6-3-12(17)4-7-14/h3-9H,2,10,17-18H2,1H3. The van der Waals surface area contributed by atoms with Gasteiger partial charge in [-0.3, -0.25) is 0 Å². The van der Waals surface area contributed by atoms with E-state index in [2.05, 4.69) is 10.2 Å². The fourth-order valence-corrected chi connectivity index (χ4v) is 1.77. The van der Waals surface area contributed by atoms with Crippen LogP contribution >= 0.6 is 0 Å². The van der Waals surface area contributed by atoms with Gasteiger partial charge in [0.05, 0.1) is 18.0 Å². The summed E-state index contributed by atoms with van der Waals surface area (Å²) in [5, 5.41) is 8.30. The second kappa shape index (κ2) is 7.79. The number of nitrogens with two attached hydrogens (primary N) is 2. The van der Waals surface area contributed by atoms with Crippen LogP contribution < -0.4 is 11.5 Å². The minimum atomic E-state index is -0.739. The summed E-state index contributed by atoms with van der Waals surface area (Å²) in [5.41, 5.74) is 14.4. The zero-order chi connectivity index (χ0) is 16.7. The summed E-state index contributed by atoms with van der Waals surface area (Å²) in [6.45, 7) is 1.95. The fraction of sp³-hybridized carbons (Fsp3) is 0.188. The molecular weight excluding hydrogens is 296 g/mol. The Bertz CT molecular complexity index is 699. The summed E-state index contributed by atoms with van der Waals surface area (Å²) in [6, 6.07) is 12.1. The van der Waals surface area contributed by atoms with Crippen molar-refractivity contribution >= 4 is 28.9 Å². The van der Waals surface area contributed by atoms with Gasteiger partial charge in [0, 0.05) is 16.9 Å². The third-order valence-electron chi connectivity index (χ3n) is 2.88. The lowest BCUT2D eigenvalue weighted by atomic mass is 10.2. The lowest BCUT2D eigenvalue weighted by molar-refractivity contribution is 0.0537. The van der Waals surface area contributed by atoms with Crippen LogP contribution in [0.4, 0.5) is 27.5 Å². The molecule has 0 amide bonds. The van der Waals surface area contributed by atoms with Gasteiger partial charge in [-0.1, -0.05) is 0 Å². The number of rotatable bonds is 5. The predicted molar refractivity (Wildman–Crippen MR) is 87.7 cm³/mol. The van der Waals surface area contributed by atoms with Gasteiger partial charge in [-0.05, 0) is 49.4 Å². The Morgan fingerprint density at radius 1 is 1.00 bits per heavy atom. The molecule has 0 radical (unpaired) electrons. The number of hydrogen-bond donors (Lipinski definition) is 2. The average molecular weight is 314 g/mol. The smallest absolute Gasteiger partial charge is 0.435 e. The highest BCUT2D eigenvalue weighted by Gasteiger charge is 2.08. The van der Waals surface area contributed by atoms with E-state index >= 15 is 0 Å². The Hall–Kier alpha value is -3.09. The third kappa shape index (κ3) is 4.99.